The van der Waals surface area contributed by atoms with Crippen molar-refractivity contribution < 1.29 is 47.9 Å². The number of ether oxygens (including phenoxy) is 6. The van der Waals surface area contributed by atoms with Gasteiger partial charge in [0.2, 0.25) is 0 Å². The van der Waals surface area contributed by atoms with Crippen LogP contribution in [-0.4, -0.2) is 69.2 Å². The average Bonchev–Trinajstić information content (AvgIpc) is 3.00. The van der Waals surface area contributed by atoms with Gasteiger partial charge in [-0.3, -0.25) is 20.2 Å². The van der Waals surface area contributed by atoms with Crippen molar-refractivity contribution in [2.75, 3.05) is 42.5 Å². The van der Waals surface area contributed by atoms with Crippen LogP contribution in [0.2, 0.25) is 0 Å². The molecule has 0 aromatic heterocycles. The van der Waals surface area contributed by atoms with E-state index in [1.54, 1.807) is 6.07 Å². The van der Waals surface area contributed by atoms with Crippen molar-refractivity contribution >= 4 is 23.3 Å². The van der Waals surface area contributed by atoms with E-state index in [0.717, 1.165) is 31.9 Å². The van der Waals surface area contributed by atoms with Gasteiger partial charge in [0.1, 0.15) is 24.3 Å². The fourth-order valence-electron chi connectivity index (χ4n) is 4.28. The van der Waals surface area contributed by atoms with Crippen LogP contribution in [0.15, 0.2) is 42.5 Å². The van der Waals surface area contributed by atoms with E-state index in [1.807, 2.05) is 31.1 Å². The van der Waals surface area contributed by atoms with Crippen LogP contribution in [-0.2, 0) is 29.2 Å². The van der Waals surface area contributed by atoms with E-state index < -0.39 is 33.2 Å². The zero-order valence-corrected chi connectivity index (χ0v) is 24.9. The summed E-state index contributed by atoms with van der Waals surface area (Å²) in [6.07, 6.45) is 0. The summed E-state index contributed by atoms with van der Waals surface area (Å²) in [6.45, 7) is 0.468. The Morgan fingerprint density at radius 3 is 1.34 bits per heavy atom. The van der Waals surface area contributed by atoms with Gasteiger partial charge in [-0.25, -0.2) is 9.59 Å². The molecule has 44 heavy (non-hydrogen) atoms. The van der Waals surface area contributed by atoms with E-state index in [0.29, 0.717) is 17.7 Å². The molecule has 3 aromatic rings. The minimum absolute atomic E-state index is 0.0328. The summed E-state index contributed by atoms with van der Waals surface area (Å²) < 4.78 is 31.7. The number of nitrogens with zero attached hydrogens (tertiary/aromatic N) is 3. The number of nitro groups is 2. The van der Waals surface area contributed by atoms with Crippen LogP contribution >= 0.6 is 0 Å². The third kappa shape index (κ3) is 7.89. The van der Waals surface area contributed by atoms with Gasteiger partial charge in [-0.2, -0.15) is 0 Å². The molecule has 3 rings (SSSR count). The van der Waals surface area contributed by atoms with E-state index in [-0.39, 0.29) is 47.3 Å². The third-order valence-corrected chi connectivity index (χ3v) is 6.17. The molecule has 0 fully saturated rings. The van der Waals surface area contributed by atoms with Gasteiger partial charge in [0, 0.05) is 18.7 Å². The molecule has 0 spiro atoms. The number of methoxy groups -OCH3 is 4. The number of hydrogen-bond donors (Lipinski definition) is 0. The molecule has 0 amide bonds. The largest absolute Gasteiger partial charge is 0.493 e. The molecule has 0 atom stereocenters. The zero-order chi connectivity index (χ0) is 32.6. The van der Waals surface area contributed by atoms with E-state index in [2.05, 4.69) is 9.47 Å². The second kappa shape index (κ2) is 14.6. The first-order valence-corrected chi connectivity index (χ1v) is 12.8. The van der Waals surface area contributed by atoms with Gasteiger partial charge in [-0.05, 0) is 36.9 Å². The SMILES string of the molecule is COC(=O)c1cc(OC)c(OCc2cc(COc3cc([N+](=O)[O-])c(C(=O)OC)cc3OC)cc(CN(C)C)c2)cc1[N+](=O)[O-]. The van der Waals surface area contributed by atoms with Gasteiger partial charge in [-0.15, -0.1) is 0 Å². The van der Waals surface area contributed by atoms with Crippen molar-refractivity contribution in [3.8, 4) is 23.0 Å². The Morgan fingerprint density at radius 2 is 1.02 bits per heavy atom. The molecule has 3 aromatic carbocycles. The van der Waals surface area contributed by atoms with Crippen LogP contribution in [0.5, 0.6) is 23.0 Å². The lowest BCUT2D eigenvalue weighted by Crippen LogP contribution is -2.12. The van der Waals surface area contributed by atoms with Crippen LogP contribution in [0.4, 0.5) is 11.4 Å². The highest BCUT2D eigenvalue weighted by Gasteiger charge is 2.27. The Labute approximate surface area is 252 Å². The predicted molar refractivity (Wildman–Crippen MR) is 154 cm³/mol. The smallest absolute Gasteiger partial charge is 0.345 e. The molecule has 0 heterocycles. The molecule has 0 radical (unpaired) electrons. The zero-order valence-electron chi connectivity index (χ0n) is 24.9. The molecular formula is C29H31N3O12. The summed E-state index contributed by atoms with van der Waals surface area (Å²) in [7, 11) is 8.66. The van der Waals surface area contributed by atoms with Crippen molar-refractivity contribution in [1.29, 1.82) is 0 Å². The van der Waals surface area contributed by atoms with Crippen molar-refractivity contribution in [3.05, 3.63) is 90.5 Å². The molecule has 0 bridgehead atoms. The molecule has 0 saturated carbocycles. The van der Waals surface area contributed by atoms with E-state index in [1.165, 1.54) is 26.4 Å². The maximum absolute atomic E-state index is 12.1. The number of benzene rings is 3. The molecule has 0 aliphatic heterocycles. The molecule has 15 heteroatoms. The summed E-state index contributed by atoms with van der Waals surface area (Å²) in [4.78, 5) is 47.9. The van der Waals surface area contributed by atoms with Crippen LogP contribution in [0, 0.1) is 20.2 Å². The van der Waals surface area contributed by atoms with Gasteiger partial charge >= 0.3 is 11.9 Å². The molecule has 0 aliphatic rings. The summed E-state index contributed by atoms with van der Waals surface area (Å²) in [6, 6.07) is 10.1. The maximum atomic E-state index is 12.1. The lowest BCUT2D eigenvalue weighted by Gasteiger charge is -2.16. The van der Waals surface area contributed by atoms with Crippen molar-refractivity contribution in [2.24, 2.45) is 0 Å². The normalized spacial score (nSPS) is 10.6. The van der Waals surface area contributed by atoms with Crippen molar-refractivity contribution in [2.45, 2.75) is 19.8 Å². The highest BCUT2D eigenvalue weighted by Crippen LogP contribution is 2.37. The van der Waals surface area contributed by atoms with E-state index in [9.17, 15) is 29.8 Å². The highest BCUT2D eigenvalue weighted by molar-refractivity contribution is 5.95. The molecular weight excluding hydrogens is 582 g/mol. The van der Waals surface area contributed by atoms with E-state index >= 15 is 0 Å². The molecule has 0 N–H and O–H groups in total. The van der Waals surface area contributed by atoms with Crippen LogP contribution in [0.25, 0.3) is 0 Å². The number of rotatable bonds is 14. The number of hydrogen-bond acceptors (Lipinski definition) is 13. The standard InChI is InChI=1S/C29H31N3O12/c1-30(2)14-17-7-18(15-43-26-12-22(31(35)36)20(28(33)41-5)10-24(26)39-3)9-19(8-17)16-44-27-13-23(32(37)38)21(29(34)42-6)11-25(27)40-4/h7-13H,14-16H2,1-6H3. The maximum Gasteiger partial charge on any atom is 0.345 e. The molecule has 0 aliphatic carbocycles. The quantitative estimate of drug-likeness (QED) is 0.143. The number of nitro benzene ring substituents is 2. The van der Waals surface area contributed by atoms with Crippen LogP contribution < -0.4 is 18.9 Å². The summed E-state index contributed by atoms with van der Waals surface area (Å²) >= 11 is 0. The summed E-state index contributed by atoms with van der Waals surface area (Å²) in [5.74, 6) is -1.55. The molecule has 0 unspecified atom stereocenters. The first-order chi connectivity index (χ1) is 20.9. The first-order valence-electron chi connectivity index (χ1n) is 12.8. The lowest BCUT2D eigenvalue weighted by atomic mass is 10.1. The van der Waals surface area contributed by atoms with Gasteiger partial charge in [-0.1, -0.05) is 12.1 Å². The topological polar surface area (TPSA) is 179 Å². The Hall–Kier alpha value is -5.44. The van der Waals surface area contributed by atoms with Gasteiger partial charge in [0.15, 0.2) is 23.0 Å². The molecule has 0 saturated heterocycles. The Balaban J connectivity index is 1.94. The second-order valence-corrected chi connectivity index (χ2v) is 9.51. The number of carbonyl (C=O) groups is 2. The monoisotopic (exact) mass is 613 g/mol. The fraction of sp³-hybridized carbons (Fsp3) is 0.310. The van der Waals surface area contributed by atoms with Crippen molar-refractivity contribution in [3.63, 3.8) is 0 Å². The third-order valence-electron chi connectivity index (χ3n) is 6.17. The average molecular weight is 614 g/mol. The van der Waals surface area contributed by atoms with Crippen LogP contribution in [0.3, 0.4) is 0 Å². The predicted octanol–water partition coefficient (Wildman–Crippen LogP) is 4.31. The van der Waals surface area contributed by atoms with Crippen molar-refractivity contribution in [1.82, 2.24) is 4.90 Å². The number of esters is 2. The minimum atomic E-state index is -0.899. The Kier molecular flexibility index (Phi) is 11.0. The Bertz CT molecular complexity index is 1460. The Morgan fingerprint density at radius 1 is 0.636 bits per heavy atom. The highest BCUT2D eigenvalue weighted by atomic mass is 16.6. The second-order valence-electron chi connectivity index (χ2n) is 9.51. The fourth-order valence-corrected chi connectivity index (χ4v) is 4.28. The molecule has 15 nitrogen and oxygen atoms in total. The van der Waals surface area contributed by atoms with E-state index in [4.69, 9.17) is 18.9 Å². The van der Waals surface area contributed by atoms with Gasteiger partial charge in [0.25, 0.3) is 11.4 Å². The summed E-state index contributed by atoms with van der Waals surface area (Å²) in [5.41, 5.74) is 0.627. The van der Waals surface area contributed by atoms with Crippen LogP contribution in [0.1, 0.15) is 37.4 Å². The van der Waals surface area contributed by atoms with Gasteiger partial charge in [0.05, 0.1) is 50.4 Å². The minimum Gasteiger partial charge on any atom is -0.493 e. The van der Waals surface area contributed by atoms with Gasteiger partial charge < -0.3 is 33.3 Å². The lowest BCUT2D eigenvalue weighted by molar-refractivity contribution is -0.385. The number of carbonyl (C=O) groups excluding carboxylic acids is 2. The summed E-state index contributed by atoms with van der Waals surface area (Å²) in [5, 5.41) is 23.3. The first kappa shape index (κ1) is 33.1. The molecule has 234 valence electrons.